The number of benzene rings is 1. The van der Waals surface area contributed by atoms with Crippen molar-refractivity contribution < 1.29 is 9.84 Å². The van der Waals surface area contributed by atoms with Crippen molar-refractivity contribution >= 4 is 15.9 Å². The van der Waals surface area contributed by atoms with Crippen molar-refractivity contribution in [2.45, 2.75) is 13.0 Å². The molecule has 1 aromatic rings. The van der Waals surface area contributed by atoms with E-state index in [4.69, 9.17) is 4.74 Å². The Labute approximate surface area is 105 Å². The lowest BCUT2D eigenvalue weighted by Gasteiger charge is -2.18. The number of aliphatic hydroxyl groups excluding tert-OH is 1. The molecule has 0 heterocycles. The Kier molecular flexibility index (Phi) is 5.80. The van der Waals surface area contributed by atoms with E-state index in [1.807, 2.05) is 36.2 Å². The molecule has 1 aromatic carbocycles. The van der Waals surface area contributed by atoms with Crippen LogP contribution in [0.2, 0.25) is 0 Å². The SMILES string of the molecule is CC(O)CN(C)CCOc1ccc(Br)cc1. The van der Waals surface area contributed by atoms with Crippen molar-refractivity contribution in [1.82, 2.24) is 4.90 Å². The van der Waals surface area contributed by atoms with Crippen LogP contribution in [0.1, 0.15) is 6.92 Å². The summed E-state index contributed by atoms with van der Waals surface area (Å²) in [6.45, 7) is 3.89. The van der Waals surface area contributed by atoms with Crippen LogP contribution in [0, 0.1) is 0 Å². The van der Waals surface area contributed by atoms with Crippen LogP contribution in [-0.4, -0.2) is 42.9 Å². The molecule has 0 aliphatic heterocycles. The molecular weight excluding hydrogens is 270 g/mol. The highest BCUT2D eigenvalue weighted by atomic mass is 79.9. The minimum atomic E-state index is -0.294. The molecule has 0 saturated heterocycles. The number of halogens is 1. The van der Waals surface area contributed by atoms with Gasteiger partial charge in [-0.3, -0.25) is 0 Å². The van der Waals surface area contributed by atoms with E-state index in [0.29, 0.717) is 13.2 Å². The summed E-state index contributed by atoms with van der Waals surface area (Å²) >= 11 is 3.37. The van der Waals surface area contributed by atoms with Gasteiger partial charge in [0.15, 0.2) is 0 Å². The van der Waals surface area contributed by atoms with Crippen molar-refractivity contribution in [3.05, 3.63) is 28.7 Å². The Balaban J connectivity index is 2.22. The minimum Gasteiger partial charge on any atom is -0.492 e. The maximum Gasteiger partial charge on any atom is 0.119 e. The molecule has 3 nitrogen and oxygen atoms in total. The van der Waals surface area contributed by atoms with Crippen LogP contribution < -0.4 is 4.74 Å². The smallest absolute Gasteiger partial charge is 0.119 e. The molecule has 0 radical (unpaired) electrons. The number of hydrogen-bond acceptors (Lipinski definition) is 3. The lowest BCUT2D eigenvalue weighted by atomic mass is 10.3. The lowest BCUT2D eigenvalue weighted by molar-refractivity contribution is 0.131. The van der Waals surface area contributed by atoms with Crippen molar-refractivity contribution in [1.29, 1.82) is 0 Å². The maximum atomic E-state index is 9.18. The summed E-state index contributed by atoms with van der Waals surface area (Å²) in [4.78, 5) is 2.05. The quantitative estimate of drug-likeness (QED) is 0.870. The fourth-order valence-corrected chi connectivity index (χ4v) is 1.66. The first-order valence-corrected chi connectivity index (χ1v) is 6.12. The van der Waals surface area contributed by atoms with Crippen LogP contribution in [0.5, 0.6) is 5.75 Å². The molecule has 1 atom stereocenters. The van der Waals surface area contributed by atoms with Gasteiger partial charge in [-0.2, -0.15) is 0 Å². The molecule has 1 unspecified atom stereocenters. The third kappa shape index (κ3) is 5.49. The van der Waals surface area contributed by atoms with Crippen LogP contribution in [0.3, 0.4) is 0 Å². The summed E-state index contributed by atoms with van der Waals surface area (Å²) in [5.74, 6) is 0.869. The Hall–Kier alpha value is -0.580. The van der Waals surface area contributed by atoms with Crippen molar-refractivity contribution in [2.75, 3.05) is 26.7 Å². The number of hydrogen-bond donors (Lipinski definition) is 1. The highest BCUT2D eigenvalue weighted by Crippen LogP contribution is 2.15. The van der Waals surface area contributed by atoms with E-state index in [2.05, 4.69) is 15.9 Å². The minimum absolute atomic E-state index is 0.294. The topological polar surface area (TPSA) is 32.7 Å². The standard InChI is InChI=1S/C12H18BrNO2/c1-10(15)9-14(2)7-8-16-12-5-3-11(13)4-6-12/h3-6,10,15H,7-9H2,1-2H3. The van der Waals surface area contributed by atoms with Crippen LogP contribution in [0.25, 0.3) is 0 Å². The predicted molar refractivity (Wildman–Crippen MR) is 68.8 cm³/mol. The van der Waals surface area contributed by atoms with Gasteiger partial charge in [0.25, 0.3) is 0 Å². The summed E-state index contributed by atoms with van der Waals surface area (Å²) in [5.41, 5.74) is 0. The molecule has 0 spiro atoms. The van der Waals surface area contributed by atoms with Gasteiger partial charge < -0.3 is 14.7 Å². The molecule has 0 fully saturated rings. The van der Waals surface area contributed by atoms with E-state index < -0.39 is 0 Å². The number of likely N-dealkylation sites (N-methyl/N-ethyl adjacent to an activating group) is 1. The van der Waals surface area contributed by atoms with Gasteiger partial charge in [0, 0.05) is 17.6 Å². The van der Waals surface area contributed by atoms with Gasteiger partial charge in [0.1, 0.15) is 12.4 Å². The number of rotatable bonds is 6. The van der Waals surface area contributed by atoms with E-state index in [1.54, 1.807) is 6.92 Å². The average molecular weight is 288 g/mol. The molecule has 90 valence electrons. The molecule has 1 rings (SSSR count). The summed E-state index contributed by atoms with van der Waals surface area (Å²) < 4.78 is 6.62. The molecule has 1 N–H and O–H groups in total. The van der Waals surface area contributed by atoms with E-state index in [1.165, 1.54) is 0 Å². The summed E-state index contributed by atoms with van der Waals surface area (Å²) in [6, 6.07) is 7.77. The van der Waals surface area contributed by atoms with Crippen molar-refractivity contribution in [3.8, 4) is 5.75 Å². The van der Waals surface area contributed by atoms with Gasteiger partial charge in [-0.15, -0.1) is 0 Å². The molecule has 0 saturated carbocycles. The Bertz CT molecular complexity index is 300. The second kappa shape index (κ2) is 6.89. The van der Waals surface area contributed by atoms with Crippen LogP contribution in [0.4, 0.5) is 0 Å². The third-order valence-corrected chi connectivity index (χ3v) is 2.66. The molecule has 0 amide bonds. The Morgan fingerprint density at radius 3 is 2.56 bits per heavy atom. The number of ether oxygens (including phenoxy) is 1. The number of aliphatic hydroxyl groups is 1. The van der Waals surface area contributed by atoms with E-state index in [9.17, 15) is 5.11 Å². The average Bonchev–Trinajstić information content (AvgIpc) is 2.20. The van der Waals surface area contributed by atoms with Crippen molar-refractivity contribution in [2.24, 2.45) is 0 Å². The zero-order chi connectivity index (χ0) is 12.0. The normalized spacial score (nSPS) is 12.8. The van der Waals surface area contributed by atoms with Crippen LogP contribution in [-0.2, 0) is 0 Å². The summed E-state index contributed by atoms with van der Waals surface area (Å²) in [5, 5.41) is 9.18. The molecule has 0 aromatic heterocycles. The summed E-state index contributed by atoms with van der Waals surface area (Å²) in [7, 11) is 1.97. The molecule has 16 heavy (non-hydrogen) atoms. The van der Waals surface area contributed by atoms with Gasteiger partial charge >= 0.3 is 0 Å². The van der Waals surface area contributed by atoms with E-state index in [0.717, 1.165) is 16.8 Å². The van der Waals surface area contributed by atoms with Crippen LogP contribution >= 0.6 is 15.9 Å². The highest BCUT2D eigenvalue weighted by molar-refractivity contribution is 9.10. The zero-order valence-electron chi connectivity index (χ0n) is 9.69. The largest absolute Gasteiger partial charge is 0.492 e. The van der Waals surface area contributed by atoms with Gasteiger partial charge in [-0.25, -0.2) is 0 Å². The first-order chi connectivity index (χ1) is 7.58. The second-order valence-electron chi connectivity index (χ2n) is 3.91. The van der Waals surface area contributed by atoms with E-state index >= 15 is 0 Å². The first kappa shape index (κ1) is 13.5. The van der Waals surface area contributed by atoms with Crippen LogP contribution in [0.15, 0.2) is 28.7 Å². The highest BCUT2D eigenvalue weighted by Gasteiger charge is 2.02. The van der Waals surface area contributed by atoms with Gasteiger partial charge in [0.2, 0.25) is 0 Å². The van der Waals surface area contributed by atoms with Crippen molar-refractivity contribution in [3.63, 3.8) is 0 Å². The second-order valence-corrected chi connectivity index (χ2v) is 4.83. The predicted octanol–water partition coefficient (Wildman–Crippen LogP) is 2.14. The first-order valence-electron chi connectivity index (χ1n) is 5.33. The van der Waals surface area contributed by atoms with Gasteiger partial charge in [0.05, 0.1) is 6.10 Å². The lowest BCUT2D eigenvalue weighted by Crippen LogP contribution is -2.30. The summed E-state index contributed by atoms with van der Waals surface area (Å²) in [6.07, 6.45) is -0.294. The molecule has 0 aliphatic rings. The molecule has 0 aliphatic carbocycles. The third-order valence-electron chi connectivity index (χ3n) is 2.13. The Morgan fingerprint density at radius 2 is 2.00 bits per heavy atom. The van der Waals surface area contributed by atoms with E-state index in [-0.39, 0.29) is 6.10 Å². The van der Waals surface area contributed by atoms with Gasteiger partial charge in [-0.05, 0) is 38.2 Å². The maximum absolute atomic E-state index is 9.18. The molecule has 0 bridgehead atoms. The monoisotopic (exact) mass is 287 g/mol. The fraction of sp³-hybridized carbons (Fsp3) is 0.500. The Morgan fingerprint density at radius 1 is 1.38 bits per heavy atom. The molecule has 4 heteroatoms. The fourth-order valence-electron chi connectivity index (χ4n) is 1.39. The van der Waals surface area contributed by atoms with Gasteiger partial charge in [-0.1, -0.05) is 15.9 Å². The number of nitrogens with zero attached hydrogens (tertiary/aromatic N) is 1. The molecular formula is C12H18BrNO2. The zero-order valence-corrected chi connectivity index (χ0v) is 11.3.